The average Bonchev–Trinajstić information content (AvgIpc) is 2.61. The van der Waals surface area contributed by atoms with Crippen molar-refractivity contribution in [2.45, 2.75) is 13.8 Å². The van der Waals surface area contributed by atoms with E-state index in [-0.39, 0.29) is 5.97 Å². The average molecular weight is 229 g/mol. The molecule has 0 saturated heterocycles. The largest absolute Gasteiger partial charge is 0.466 e. The first-order chi connectivity index (χ1) is 8.11. The summed E-state index contributed by atoms with van der Waals surface area (Å²) in [5.41, 5.74) is 4.36. The van der Waals surface area contributed by atoms with Crippen molar-refractivity contribution in [1.82, 2.24) is 4.98 Å². The Kier molecular flexibility index (Phi) is 3.00. The monoisotopic (exact) mass is 229 g/mol. The van der Waals surface area contributed by atoms with E-state index in [4.69, 9.17) is 0 Å². The van der Waals surface area contributed by atoms with E-state index < -0.39 is 0 Å². The van der Waals surface area contributed by atoms with Crippen LogP contribution in [0.3, 0.4) is 0 Å². The van der Waals surface area contributed by atoms with Gasteiger partial charge in [-0.25, -0.2) is 4.79 Å². The molecule has 0 amide bonds. The first kappa shape index (κ1) is 11.5. The molecule has 0 bridgehead atoms. The smallest absolute Gasteiger partial charge is 0.330 e. The summed E-state index contributed by atoms with van der Waals surface area (Å²) in [5, 5.41) is 1.13. The minimum absolute atomic E-state index is 0.341. The highest BCUT2D eigenvalue weighted by Gasteiger charge is 2.06. The van der Waals surface area contributed by atoms with Gasteiger partial charge in [0.1, 0.15) is 0 Å². The van der Waals surface area contributed by atoms with E-state index >= 15 is 0 Å². The second kappa shape index (κ2) is 4.45. The van der Waals surface area contributed by atoms with Gasteiger partial charge < -0.3 is 9.72 Å². The predicted octanol–water partition coefficient (Wildman–Crippen LogP) is 2.97. The van der Waals surface area contributed by atoms with Crippen LogP contribution in [0, 0.1) is 13.8 Å². The zero-order valence-electron chi connectivity index (χ0n) is 10.2. The second-order valence-electron chi connectivity index (χ2n) is 4.07. The summed E-state index contributed by atoms with van der Waals surface area (Å²) >= 11 is 0. The summed E-state index contributed by atoms with van der Waals surface area (Å²) in [4.78, 5) is 14.4. The summed E-state index contributed by atoms with van der Waals surface area (Å²) in [7, 11) is 1.37. The molecule has 3 nitrogen and oxygen atoms in total. The molecule has 3 heteroatoms. The van der Waals surface area contributed by atoms with Gasteiger partial charge in [-0.2, -0.15) is 0 Å². The normalized spacial score (nSPS) is 11.2. The third-order valence-corrected chi connectivity index (χ3v) is 2.78. The van der Waals surface area contributed by atoms with E-state index in [0.29, 0.717) is 0 Å². The number of nitrogens with one attached hydrogen (secondary N) is 1. The Hall–Kier alpha value is -2.03. The fraction of sp³-hybridized carbons (Fsp3) is 0.214. The van der Waals surface area contributed by atoms with Crippen molar-refractivity contribution in [3.63, 3.8) is 0 Å². The standard InChI is InChI=1S/C14H15NO2/c1-9-4-6-13-12(8-9)11(10(2)15-13)5-7-14(16)17-3/h4-8,15H,1-3H3/b7-5+. The van der Waals surface area contributed by atoms with Gasteiger partial charge in [-0.3, -0.25) is 0 Å². The van der Waals surface area contributed by atoms with Crippen molar-refractivity contribution >= 4 is 22.9 Å². The number of benzene rings is 1. The first-order valence-corrected chi connectivity index (χ1v) is 5.47. The van der Waals surface area contributed by atoms with Gasteiger partial charge in [0.2, 0.25) is 0 Å². The first-order valence-electron chi connectivity index (χ1n) is 5.47. The Bertz CT molecular complexity index is 594. The topological polar surface area (TPSA) is 42.1 Å². The van der Waals surface area contributed by atoms with Crippen LogP contribution in [-0.2, 0) is 9.53 Å². The number of fused-ring (bicyclic) bond motifs is 1. The number of hydrogen-bond donors (Lipinski definition) is 1. The molecule has 1 heterocycles. The Morgan fingerprint density at radius 3 is 2.82 bits per heavy atom. The molecule has 2 rings (SSSR count). The van der Waals surface area contributed by atoms with Crippen LogP contribution in [0.4, 0.5) is 0 Å². The van der Waals surface area contributed by atoms with Crippen molar-refractivity contribution in [2.75, 3.05) is 7.11 Å². The SMILES string of the molecule is COC(=O)/C=C/c1c(C)[nH]c2ccc(C)cc12. The summed E-state index contributed by atoms with van der Waals surface area (Å²) in [5.74, 6) is -0.341. The number of aromatic nitrogens is 1. The van der Waals surface area contributed by atoms with Gasteiger partial charge in [-0.15, -0.1) is 0 Å². The third kappa shape index (κ3) is 2.23. The highest BCUT2D eigenvalue weighted by Crippen LogP contribution is 2.24. The molecule has 0 aliphatic rings. The van der Waals surface area contributed by atoms with Crippen molar-refractivity contribution in [3.8, 4) is 0 Å². The quantitative estimate of drug-likeness (QED) is 0.635. The molecular formula is C14H15NO2. The maximum absolute atomic E-state index is 11.1. The number of ether oxygens (including phenoxy) is 1. The van der Waals surface area contributed by atoms with E-state index in [1.165, 1.54) is 18.7 Å². The Balaban J connectivity index is 2.52. The third-order valence-electron chi connectivity index (χ3n) is 2.78. The zero-order chi connectivity index (χ0) is 12.4. The highest BCUT2D eigenvalue weighted by atomic mass is 16.5. The van der Waals surface area contributed by atoms with Crippen LogP contribution in [0.15, 0.2) is 24.3 Å². The minimum Gasteiger partial charge on any atom is -0.466 e. The summed E-state index contributed by atoms with van der Waals surface area (Å²) in [6.45, 7) is 4.04. The molecule has 0 spiro atoms. The van der Waals surface area contributed by atoms with Crippen LogP contribution in [0.25, 0.3) is 17.0 Å². The molecule has 0 aliphatic carbocycles. The lowest BCUT2D eigenvalue weighted by Gasteiger charge is -1.95. The number of aromatic amines is 1. The van der Waals surface area contributed by atoms with Crippen LogP contribution in [0.2, 0.25) is 0 Å². The minimum atomic E-state index is -0.341. The molecule has 1 aromatic carbocycles. The van der Waals surface area contributed by atoms with E-state index in [1.54, 1.807) is 6.08 Å². The lowest BCUT2D eigenvalue weighted by Crippen LogP contribution is -1.93. The van der Waals surface area contributed by atoms with Gasteiger partial charge >= 0.3 is 5.97 Å². The lowest BCUT2D eigenvalue weighted by atomic mass is 10.1. The van der Waals surface area contributed by atoms with Crippen LogP contribution in [0.1, 0.15) is 16.8 Å². The molecule has 17 heavy (non-hydrogen) atoms. The van der Waals surface area contributed by atoms with Gasteiger partial charge in [-0.1, -0.05) is 11.6 Å². The van der Waals surface area contributed by atoms with Crippen molar-refractivity contribution in [3.05, 3.63) is 41.1 Å². The summed E-state index contributed by atoms with van der Waals surface area (Å²) < 4.78 is 4.59. The molecule has 0 fully saturated rings. The van der Waals surface area contributed by atoms with Crippen molar-refractivity contribution < 1.29 is 9.53 Å². The molecular weight excluding hydrogens is 214 g/mol. The number of carbonyl (C=O) groups excluding carboxylic acids is 1. The lowest BCUT2D eigenvalue weighted by molar-refractivity contribution is -0.134. The molecule has 1 N–H and O–H groups in total. The fourth-order valence-electron chi connectivity index (χ4n) is 1.90. The van der Waals surface area contributed by atoms with Crippen LogP contribution in [0.5, 0.6) is 0 Å². The molecule has 1 aromatic heterocycles. The van der Waals surface area contributed by atoms with Gasteiger partial charge in [0.05, 0.1) is 7.11 Å². The van der Waals surface area contributed by atoms with Crippen LogP contribution >= 0.6 is 0 Å². The molecule has 0 aliphatic heterocycles. The molecule has 88 valence electrons. The Labute approximate surface area is 100 Å². The molecule has 0 atom stereocenters. The number of aryl methyl sites for hydroxylation is 2. The van der Waals surface area contributed by atoms with Crippen LogP contribution in [-0.4, -0.2) is 18.1 Å². The zero-order valence-corrected chi connectivity index (χ0v) is 10.2. The Morgan fingerprint density at radius 2 is 2.12 bits per heavy atom. The van der Waals surface area contributed by atoms with E-state index in [1.807, 2.05) is 13.0 Å². The van der Waals surface area contributed by atoms with Crippen molar-refractivity contribution in [1.29, 1.82) is 0 Å². The summed E-state index contributed by atoms with van der Waals surface area (Å²) in [6, 6.07) is 6.22. The van der Waals surface area contributed by atoms with Crippen LogP contribution < -0.4 is 0 Å². The summed E-state index contributed by atoms with van der Waals surface area (Å²) in [6.07, 6.45) is 3.23. The van der Waals surface area contributed by atoms with E-state index in [2.05, 4.69) is 28.8 Å². The van der Waals surface area contributed by atoms with Gasteiger partial charge in [0, 0.05) is 28.2 Å². The molecule has 0 radical (unpaired) electrons. The number of methoxy groups -OCH3 is 1. The predicted molar refractivity (Wildman–Crippen MR) is 68.8 cm³/mol. The van der Waals surface area contributed by atoms with E-state index in [0.717, 1.165) is 22.2 Å². The number of carbonyl (C=O) groups is 1. The fourth-order valence-corrected chi connectivity index (χ4v) is 1.90. The van der Waals surface area contributed by atoms with Gasteiger partial charge in [-0.05, 0) is 32.1 Å². The van der Waals surface area contributed by atoms with Gasteiger partial charge in [0.25, 0.3) is 0 Å². The van der Waals surface area contributed by atoms with Gasteiger partial charge in [0.15, 0.2) is 0 Å². The number of H-pyrrole nitrogens is 1. The maximum atomic E-state index is 11.1. The van der Waals surface area contributed by atoms with E-state index in [9.17, 15) is 4.79 Å². The molecule has 0 saturated carbocycles. The Morgan fingerprint density at radius 1 is 1.35 bits per heavy atom. The van der Waals surface area contributed by atoms with Crippen molar-refractivity contribution in [2.24, 2.45) is 0 Å². The highest BCUT2D eigenvalue weighted by molar-refractivity contribution is 5.95. The number of rotatable bonds is 2. The molecule has 2 aromatic rings. The number of esters is 1. The molecule has 0 unspecified atom stereocenters. The number of hydrogen-bond acceptors (Lipinski definition) is 2. The maximum Gasteiger partial charge on any atom is 0.330 e. The second-order valence-corrected chi connectivity index (χ2v) is 4.07.